The molecule has 0 amide bonds. The molecule has 0 unspecified atom stereocenters. The second-order valence-corrected chi connectivity index (χ2v) is 5.90. The summed E-state index contributed by atoms with van der Waals surface area (Å²) in [6.07, 6.45) is 0. The van der Waals surface area contributed by atoms with Crippen molar-refractivity contribution in [3.8, 4) is 11.3 Å². The predicted octanol–water partition coefficient (Wildman–Crippen LogP) is 4.35. The summed E-state index contributed by atoms with van der Waals surface area (Å²) < 4.78 is 0. The number of rotatable bonds is 4. The second-order valence-electron chi connectivity index (χ2n) is 5.04. The highest BCUT2D eigenvalue weighted by molar-refractivity contribution is 7.14. The molecule has 0 atom stereocenters. The fourth-order valence-electron chi connectivity index (χ4n) is 2.14. The van der Waals surface area contributed by atoms with E-state index in [0.717, 1.165) is 16.8 Å². The van der Waals surface area contributed by atoms with Crippen molar-refractivity contribution in [2.75, 3.05) is 11.1 Å². The molecule has 23 heavy (non-hydrogen) atoms. The van der Waals surface area contributed by atoms with Gasteiger partial charge in [0, 0.05) is 28.8 Å². The fraction of sp³-hybridized carbons (Fsp3) is 0.0625. The molecule has 0 aliphatic carbocycles. The number of nitro groups is 1. The predicted molar refractivity (Wildman–Crippen MR) is 93.1 cm³/mol. The third-order valence-electron chi connectivity index (χ3n) is 3.36. The number of hydrogen-bond acceptors (Lipinski definition) is 6. The number of aromatic nitrogens is 1. The summed E-state index contributed by atoms with van der Waals surface area (Å²) in [7, 11) is 0. The smallest absolute Gasteiger partial charge is 0.271 e. The van der Waals surface area contributed by atoms with Gasteiger partial charge in [-0.1, -0.05) is 18.2 Å². The normalized spacial score (nSPS) is 10.5. The summed E-state index contributed by atoms with van der Waals surface area (Å²) in [4.78, 5) is 15.0. The zero-order valence-corrected chi connectivity index (χ0v) is 13.1. The Bertz CT molecular complexity index is 876. The van der Waals surface area contributed by atoms with Gasteiger partial charge in [-0.3, -0.25) is 10.1 Å². The summed E-state index contributed by atoms with van der Waals surface area (Å²) in [5, 5.41) is 16.6. The molecule has 0 aliphatic rings. The standard InChI is InChI=1S/C16H14N4O2S/c1-10-5-6-13(20(21)22)8-14(10)18-16-19-15(9-23-16)11-3-2-4-12(17)7-11/h2-9H,17H2,1H3,(H,18,19). The van der Waals surface area contributed by atoms with E-state index in [9.17, 15) is 10.1 Å². The zero-order valence-electron chi connectivity index (χ0n) is 12.3. The lowest BCUT2D eigenvalue weighted by molar-refractivity contribution is -0.384. The van der Waals surface area contributed by atoms with Crippen LogP contribution in [0.5, 0.6) is 0 Å². The molecule has 3 aromatic rings. The first kappa shape index (κ1) is 15.0. The van der Waals surface area contributed by atoms with Crippen molar-refractivity contribution in [2.24, 2.45) is 0 Å². The molecule has 0 bridgehead atoms. The van der Waals surface area contributed by atoms with Crippen molar-refractivity contribution in [3.05, 3.63) is 63.5 Å². The van der Waals surface area contributed by atoms with Crippen LogP contribution < -0.4 is 11.1 Å². The molecule has 0 radical (unpaired) electrons. The number of nitrogens with two attached hydrogens (primary N) is 1. The second kappa shape index (κ2) is 6.05. The molecule has 1 heterocycles. The molecule has 0 aliphatic heterocycles. The molecule has 0 fully saturated rings. The monoisotopic (exact) mass is 326 g/mol. The van der Waals surface area contributed by atoms with Crippen LogP contribution in [0, 0.1) is 17.0 Å². The molecule has 0 spiro atoms. The molecule has 7 heteroatoms. The first-order chi connectivity index (χ1) is 11.0. The van der Waals surface area contributed by atoms with Crippen molar-refractivity contribution >= 4 is 33.5 Å². The van der Waals surface area contributed by atoms with Crippen molar-refractivity contribution in [2.45, 2.75) is 6.92 Å². The highest BCUT2D eigenvalue weighted by atomic mass is 32.1. The number of benzene rings is 2. The quantitative estimate of drug-likeness (QED) is 0.422. The topological polar surface area (TPSA) is 94.1 Å². The molecule has 0 saturated heterocycles. The maximum atomic E-state index is 10.9. The van der Waals surface area contributed by atoms with Gasteiger partial charge >= 0.3 is 0 Å². The van der Waals surface area contributed by atoms with Gasteiger partial charge in [-0.15, -0.1) is 11.3 Å². The average Bonchev–Trinajstić information content (AvgIpc) is 2.98. The molecular weight excluding hydrogens is 312 g/mol. The number of aryl methyl sites for hydroxylation is 1. The van der Waals surface area contributed by atoms with Gasteiger partial charge in [0.2, 0.25) is 0 Å². The fourth-order valence-corrected chi connectivity index (χ4v) is 2.87. The number of nitrogens with one attached hydrogen (secondary N) is 1. The molecule has 0 saturated carbocycles. The summed E-state index contributed by atoms with van der Waals surface area (Å²) in [5.74, 6) is 0. The number of nitrogen functional groups attached to an aromatic ring is 1. The SMILES string of the molecule is Cc1ccc([N+](=O)[O-])cc1Nc1nc(-c2cccc(N)c2)cs1. The van der Waals surface area contributed by atoms with Crippen LogP contribution in [0.25, 0.3) is 11.3 Å². The molecule has 6 nitrogen and oxygen atoms in total. The van der Waals surface area contributed by atoms with Gasteiger partial charge in [0.25, 0.3) is 5.69 Å². The van der Waals surface area contributed by atoms with E-state index < -0.39 is 4.92 Å². The van der Waals surface area contributed by atoms with Crippen molar-refractivity contribution in [3.63, 3.8) is 0 Å². The van der Waals surface area contributed by atoms with Crippen LogP contribution in [-0.2, 0) is 0 Å². The lowest BCUT2D eigenvalue weighted by Crippen LogP contribution is -1.95. The highest BCUT2D eigenvalue weighted by Crippen LogP contribution is 2.30. The number of hydrogen-bond donors (Lipinski definition) is 2. The molecule has 3 rings (SSSR count). The molecule has 2 aromatic carbocycles. The Morgan fingerprint density at radius 2 is 2.09 bits per heavy atom. The number of anilines is 3. The Morgan fingerprint density at radius 3 is 2.83 bits per heavy atom. The molecular formula is C16H14N4O2S. The summed E-state index contributed by atoms with van der Waals surface area (Å²) >= 11 is 1.44. The van der Waals surface area contributed by atoms with E-state index in [1.807, 2.05) is 36.6 Å². The van der Waals surface area contributed by atoms with Crippen LogP contribution in [0.1, 0.15) is 5.56 Å². The van der Waals surface area contributed by atoms with E-state index in [4.69, 9.17) is 5.73 Å². The Morgan fingerprint density at radius 1 is 1.26 bits per heavy atom. The lowest BCUT2D eigenvalue weighted by Gasteiger charge is -2.06. The van der Waals surface area contributed by atoms with E-state index in [0.29, 0.717) is 16.5 Å². The minimum absolute atomic E-state index is 0.0470. The highest BCUT2D eigenvalue weighted by Gasteiger charge is 2.11. The third kappa shape index (κ3) is 3.29. The van der Waals surface area contributed by atoms with Gasteiger partial charge in [-0.2, -0.15) is 0 Å². The van der Waals surface area contributed by atoms with Gasteiger partial charge in [-0.25, -0.2) is 4.98 Å². The van der Waals surface area contributed by atoms with Crippen LogP contribution in [0.15, 0.2) is 47.8 Å². The van der Waals surface area contributed by atoms with Crippen LogP contribution in [0.3, 0.4) is 0 Å². The van der Waals surface area contributed by atoms with E-state index in [2.05, 4.69) is 10.3 Å². The van der Waals surface area contributed by atoms with Crippen LogP contribution in [-0.4, -0.2) is 9.91 Å². The van der Waals surface area contributed by atoms with Gasteiger partial charge in [0.1, 0.15) is 0 Å². The van der Waals surface area contributed by atoms with E-state index in [-0.39, 0.29) is 5.69 Å². The number of non-ortho nitro benzene ring substituents is 1. The van der Waals surface area contributed by atoms with Crippen molar-refractivity contribution < 1.29 is 4.92 Å². The van der Waals surface area contributed by atoms with Gasteiger partial charge in [0.15, 0.2) is 5.13 Å². The summed E-state index contributed by atoms with van der Waals surface area (Å²) in [6.45, 7) is 1.89. The maximum Gasteiger partial charge on any atom is 0.271 e. The van der Waals surface area contributed by atoms with Gasteiger partial charge in [-0.05, 0) is 24.6 Å². The maximum absolute atomic E-state index is 10.9. The van der Waals surface area contributed by atoms with Gasteiger partial charge < -0.3 is 11.1 Å². The average molecular weight is 326 g/mol. The third-order valence-corrected chi connectivity index (χ3v) is 4.12. The minimum atomic E-state index is -0.412. The van der Waals surface area contributed by atoms with Crippen LogP contribution >= 0.6 is 11.3 Å². The summed E-state index contributed by atoms with van der Waals surface area (Å²) in [5.41, 5.74) is 9.85. The Labute approximate surface area is 136 Å². The van der Waals surface area contributed by atoms with Crippen molar-refractivity contribution in [1.29, 1.82) is 0 Å². The number of nitro benzene ring substituents is 1. The number of thiazole rings is 1. The largest absolute Gasteiger partial charge is 0.399 e. The lowest BCUT2D eigenvalue weighted by atomic mass is 10.1. The van der Waals surface area contributed by atoms with Crippen LogP contribution in [0.2, 0.25) is 0 Å². The Hall–Kier alpha value is -2.93. The Balaban J connectivity index is 1.87. The van der Waals surface area contributed by atoms with E-state index >= 15 is 0 Å². The molecule has 116 valence electrons. The van der Waals surface area contributed by atoms with Gasteiger partial charge in [0.05, 0.1) is 16.3 Å². The molecule has 1 aromatic heterocycles. The van der Waals surface area contributed by atoms with E-state index in [1.165, 1.54) is 23.5 Å². The zero-order chi connectivity index (χ0) is 16.4. The van der Waals surface area contributed by atoms with Crippen LogP contribution in [0.4, 0.5) is 22.2 Å². The van der Waals surface area contributed by atoms with Crippen molar-refractivity contribution in [1.82, 2.24) is 4.98 Å². The minimum Gasteiger partial charge on any atom is -0.399 e. The summed E-state index contributed by atoms with van der Waals surface area (Å²) in [6, 6.07) is 12.2. The first-order valence-electron chi connectivity index (χ1n) is 6.86. The number of nitrogens with zero attached hydrogens (tertiary/aromatic N) is 2. The van der Waals surface area contributed by atoms with E-state index in [1.54, 1.807) is 6.07 Å². The molecule has 3 N–H and O–H groups in total. The Kier molecular flexibility index (Phi) is 3.94. The first-order valence-corrected chi connectivity index (χ1v) is 7.74.